The molecule has 0 aliphatic rings. The van der Waals surface area contributed by atoms with Crippen LogP contribution in [0.1, 0.15) is 50.2 Å². The molecule has 0 amide bonds. The zero-order valence-corrected chi connectivity index (χ0v) is 11.0. The van der Waals surface area contributed by atoms with Crippen molar-refractivity contribution in [3.05, 3.63) is 35.4 Å². The Kier molecular flexibility index (Phi) is 5.75. The number of aryl methyl sites for hydroxylation is 1. The van der Waals surface area contributed by atoms with Gasteiger partial charge in [-0.15, -0.1) is 0 Å². The molecule has 17 heavy (non-hydrogen) atoms. The fraction of sp³-hybridized carbons (Fsp3) is 0.533. The standard InChI is InChI=1S/C15H22O2/c1-4-6-14(11-15(16)17-5-2)13-9-7-12(3)8-10-13/h7-10,14H,4-6,11H2,1-3H3. The molecule has 0 aliphatic heterocycles. The molecule has 1 atom stereocenters. The molecule has 1 rings (SSSR count). The van der Waals surface area contributed by atoms with Crippen LogP contribution in [-0.2, 0) is 9.53 Å². The van der Waals surface area contributed by atoms with Gasteiger partial charge in [0.05, 0.1) is 13.0 Å². The van der Waals surface area contributed by atoms with E-state index >= 15 is 0 Å². The summed E-state index contributed by atoms with van der Waals surface area (Å²) < 4.78 is 5.02. The highest BCUT2D eigenvalue weighted by Crippen LogP contribution is 2.25. The minimum Gasteiger partial charge on any atom is -0.466 e. The molecular weight excluding hydrogens is 212 g/mol. The van der Waals surface area contributed by atoms with E-state index in [-0.39, 0.29) is 5.97 Å². The van der Waals surface area contributed by atoms with Crippen molar-refractivity contribution in [1.82, 2.24) is 0 Å². The lowest BCUT2D eigenvalue weighted by molar-refractivity contribution is -0.143. The lowest BCUT2D eigenvalue weighted by Crippen LogP contribution is -2.10. The van der Waals surface area contributed by atoms with E-state index in [1.807, 2.05) is 6.92 Å². The molecule has 2 heteroatoms. The maximum Gasteiger partial charge on any atom is 0.306 e. The number of hydrogen-bond acceptors (Lipinski definition) is 2. The summed E-state index contributed by atoms with van der Waals surface area (Å²) in [6, 6.07) is 8.44. The van der Waals surface area contributed by atoms with Crippen LogP contribution in [0.25, 0.3) is 0 Å². The second-order valence-electron chi connectivity index (χ2n) is 4.41. The first-order valence-electron chi connectivity index (χ1n) is 6.39. The molecular formula is C15H22O2. The Hall–Kier alpha value is -1.31. The van der Waals surface area contributed by atoms with Crippen LogP contribution in [0.3, 0.4) is 0 Å². The van der Waals surface area contributed by atoms with Gasteiger partial charge < -0.3 is 4.74 Å². The number of esters is 1. The van der Waals surface area contributed by atoms with Gasteiger partial charge in [0.15, 0.2) is 0 Å². The summed E-state index contributed by atoms with van der Waals surface area (Å²) in [4.78, 5) is 11.5. The highest BCUT2D eigenvalue weighted by molar-refractivity contribution is 5.70. The highest BCUT2D eigenvalue weighted by atomic mass is 16.5. The second kappa shape index (κ2) is 7.10. The third-order valence-corrected chi connectivity index (χ3v) is 2.90. The molecule has 0 fully saturated rings. The smallest absolute Gasteiger partial charge is 0.306 e. The number of carbonyl (C=O) groups is 1. The van der Waals surface area contributed by atoms with E-state index in [9.17, 15) is 4.79 Å². The lowest BCUT2D eigenvalue weighted by Gasteiger charge is -2.15. The topological polar surface area (TPSA) is 26.3 Å². The SMILES string of the molecule is CCCC(CC(=O)OCC)c1ccc(C)cc1. The number of rotatable bonds is 6. The van der Waals surface area contributed by atoms with Gasteiger partial charge in [0, 0.05) is 0 Å². The quantitative estimate of drug-likeness (QED) is 0.699. The van der Waals surface area contributed by atoms with Gasteiger partial charge in [-0.05, 0) is 31.7 Å². The molecule has 0 saturated carbocycles. The Balaban J connectivity index is 2.71. The summed E-state index contributed by atoms with van der Waals surface area (Å²) in [5.41, 5.74) is 2.49. The van der Waals surface area contributed by atoms with Crippen molar-refractivity contribution < 1.29 is 9.53 Å². The van der Waals surface area contributed by atoms with Gasteiger partial charge in [-0.2, -0.15) is 0 Å². The molecule has 1 aromatic rings. The lowest BCUT2D eigenvalue weighted by atomic mass is 9.91. The van der Waals surface area contributed by atoms with Crippen molar-refractivity contribution in [3.63, 3.8) is 0 Å². The van der Waals surface area contributed by atoms with Crippen LogP contribution in [0.2, 0.25) is 0 Å². The molecule has 0 heterocycles. The van der Waals surface area contributed by atoms with Gasteiger partial charge in [-0.25, -0.2) is 0 Å². The fourth-order valence-corrected chi connectivity index (χ4v) is 1.99. The van der Waals surface area contributed by atoms with Crippen molar-refractivity contribution in [1.29, 1.82) is 0 Å². The predicted octanol–water partition coefficient (Wildman–Crippen LogP) is 3.83. The molecule has 0 aromatic heterocycles. The van der Waals surface area contributed by atoms with E-state index < -0.39 is 0 Å². The van der Waals surface area contributed by atoms with E-state index in [0.717, 1.165) is 12.8 Å². The summed E-state index contributed by atoms with van der Waals surface area (Å²) in [5, 5.41) is 0. The van der Waals surface area contributed by atoms with Gasteiger partial charge in [0.25, 0.3) is 0 Å². The van der Waals surface area contributed by atoms with E-state index in [1.165, 1.54) is 11.1 Å². The zero-order chi connectivity index (χ0) is 12.7. The summed E-state index contributed by atoms with van der Waals surface area (Å²) in [6.45, 7) is 6.53. The molecule has 1 aromatic carbocycles. The molecule has 0 bridgehead atoms. The first-order chi connectivity index (χ1) is 8.17. The van der Waals surface area contributed by atoms with Crippen molar-refractivity contribution in [2.45, 2.75) is 46.0 Å². The minimum absolute atomic E-state index is 0.0912. The Morgan fingerprint density at radius 3 is 2.41 bits per heavy atom. The average Bonchev–Trinajstić information content (AvgIpc) is 2.30. The molecule has 0 radical (unpaired) electrons. The number of carbonyl (C=O) groups excluding carboxylic acids is 1. The molecule has 0 aliphatic carbocycles. The maximum atomic E-state index is 11.5. The molecule has 0 saturated heterocycles. The van der Waals surface area contributed by atoms with Gasteiger partial charge in [0.2, 0.25) is 0 Å². The van der Waals surface area contributed by atoms with Crippen LogP contribution in [0, 0.1) is 6.92 Å². The molecule has 0 N–H and O–H groups in total. The summed E-state index contributed by atoms with van der Waals surface area (Å²) in [5.74, 6) is 0.200. The molecule has 1 unspecified atom stereocenters. The Labute approximate surface area is 104 Å². The van der Waals surface area contributed by atoms with Crippen LogP contribution >= 0.6 is 0 Å². The predicted molar refractivity (Wildman–Crippen MR) is 70.1 cm³/mol. The van der Waals surface area contributed by atoms with Crippen molar-refractivity contribution in [2.75, 3.05) is 6.61 Å². The monoisotopic (exact) mass is 234 g/mol. The average molecular weight is 234 g/mol. The summed E-state index contributed by atoms with van der Waals surface area (Å²) in [7, 11) is 0. The van der Waals surface area contributed by atoms with Gasteiger partial charge >= 0.3 is 5.97 Å². The first kappa shape index (κ1) is 13.8. The Morgan fingerprint density at radius 2 is 1.88 bits per heavy atom. The van der Waals surface area contributed by atoms with E-state index in [0.29, 0.717) is 18.9 Å². The van der Waals surface area contributed by atoms with E-state index in [2.05, 4.69) is 38.1 Å². The highest BCUT2D eigenvalue weighted by Gasteiger charge is 2.15. The molecule has 0 spiro atoms. The third-order valence-electron chi connectivity index (χ3n) is 2.90. The zero-order valence-electron chi connectivity index (χ0n) is 11.0. The van der Waals surface area contributed by atoms with Crippen LogP contribution in [0.5, 0.6) is 0 Å². The van der Waals surface area contributed by atoms with Gasteiger partial charge in [-0.3, -0.25) is 4.79 Å². The fourth-order valence-electron chi connectivity index (χ4n) is 1.99. The van der Waals surface area contributed by atoms with Crippen molar-refractivity contribution in [3.8, 4) is 0 Å². The van der Waals surface area contributed by atoms with Crippen molar-refractivity contribution in [2.24, 2.45) is 0 Å². The molecule has 2 nitrogen and oxygen atoms in total. The summed E-state index contributed by atoms with van der Waals surface area (Å²) >= 11 is 0. The third kappa shape index (κ3) is 4.59. The largest absolute Gasteiger partial charge is 0.466 e. The van der Waals surface area contributed by atoms with E-state index in [1.54, 1.807) is 0 Å². The molecule has 94 valence electrons. The maximum absolute atomic E-state index is 11.5. The normalized spacial score (nSPS) is 12.2. The van der Waals surface area contributed by atoms with Crippen LogP contribution in [-0.4, -0.2) is 12.6 Å². The van der Waals surface area contributed by atoms with Gasteiger partial charge in [0.1, 0.15) is 0 Å². The first-order valence-corrected chi connectivity index (χ1v) is 6.39. The Bertz CT molecular complexity index is 340. The van der Waals surface area contributed by atoms with Crippen LogP contribution in [0.4, 0.5) is 0 Å². The number of benzene rings is 1. The number of hydrogen-bond donors (Lipinski definition) is 0. The Morgan fingerprint density at radius 1 is 1.24 bits per heavy atom. The minimum atomic E-state index is -0.0912. The number of ether oxygens (including phenoxy) is 1. The van der Waals surface area contributed by atoms with Crippen molar-refractivity contribution >= 4 is 5.97 Å². The summed E-state index contributed by atoms with van der Waals surface area (Å²) in [6.07, 6.45) is 2.60. The van der Waals surface area contributed by atoms with Crippen LogP contribution < -0.4 is 0 Å². The van der Waals surface area contributed by atoms with Gasteiger partial charge in [-0.1, -0.05) is 43.2 Å². The van der Waals surface area contributed by atoms with Crippen LogP contribution in [0.15, 0.2) is 24.3 Å². The van der Waals surface area contributed by atoms with E-state index in [4.69, 9.17) is 4.74 Å². The second-order valence-corrected chi connectivity index (χ2v) is 4.41.